The zero-order chi connectivity index (χ0) is 18.9. The van der Waals surface area contributed by atoms with Crippen LogP contribution in [-0.2, 0) is 9.59 Å². The molecule has 1 aromatic carbocycles. The number of carboxylic acid groups (broad SMARTS) is 1. The third-order valence-electron chi connectivity index (χ3n) is 3.17. The van der Waals surface area contributed by atoms with E-state index in [9.17, 15) is 9.59 Å². The first-order chi connectivity index (χ1) is 11.7. The summed E-state index contributed by atoms with van der Waals surface area (Å²) in [6, 6.07) is 2.78. The van der Waals surface area contributed by atoms with Gasteiger partial charge in [-0.15, -0.1) is 33.2 Å². The molecule has 0 aromatic heterocycles. The average Bonchev–Trinajstić information content (AvgIpc) is 2.52. The number of carbonyl (C=O) groups is 2. The van der Waals surface area contributed by atoms with Gasteiger partial charge in [-0.2, -0.15) is 0 Å². The van der Waals surface area contributed by atoms with Gasteiger partial charge in [-0.3, -0.25) is 4.79 Å². The lowest BCUT2D eigenvalue weighted by molar-refractivity contribution is -0.134. The van der Waals surface area contributed by atoms with Gasteiger partial charge in [0.15, 0.2) is 11.5 Å². The first kappa shape index (κ1) is 21.8. The van der Waals surface area contributed by atoms with Gasteiger partial charge in [-0.05, 0) is 36.2 Å². The Labute approximate surface area is 161 Å². The number of carbonyl (C=O) groups excluding carboxylic acids is 1. The highest BCUT2D eigenvalue weighted by Crippen LogP contribution is 2.30. The molecule has 138 valence electrons. The summed E-state index contributed by atoms with van der Waals surface area (Å²) in [4.78, 5) is 22.4. The van der Waals surface area contributed by atoms with Gasteiger partial charge in [-0.1, -0.05) is 18.9 Å². The van der Waals surface area contributed by atoms with Gasteiger partial charge < -0.3 is 14.6 Å². The minimum Gasteiger partial charge on any atom is -0.493 e. The van der Waals surface area contributed by atoms with Gasteiger partial charge in [0.1, 0.15) is 0 Å². The maximum Gasteiger partial charge on any atom is 0.341 e. The van der Waals surface area contributed by atoms with E-state index in [1.807, 2.05) is 0 Å². The number of benzene rings is 1. The van der Waals surface area contributed by atoms with E-state index in [1.165, 1.54) is 13.2 Å². The van der Waals surface area contributed by atoms with Crippen LogP contribution in [-0.4, -0.2) is 30.2 Å². The van der Waals surface area contributed by atoms with Gasteiger partial charge in [0.25, 0.3) is 0 Å². The van der Waals surface area contributed by atoms with E-state index < -0.39 is 12.0 Å². The second-order valence-electron chi connectivity index (χ2n) is 5.23. The zero-order valence-corrected chi connectivity index (χ0v) is 16.9. The molecular formula is C16H19Cl3O5Si. The molecule has 0 fully saturated rings. The summed E-state index contributed by atoms with van der Waals surface area (Å²) >= 11 is 17.4. The second-order valence-corrected chi connectivity index (χ2v) is 14.5. The molecule has 0 aliphatic rings. The average molecular weight is 426 g/mol. The zero-order valence-electron chi connectivity index (χ0n) is 13.6. The SMILES string of the molecule is COc1cc(C=CC(=O)O)ccc1OC(=O)CCCCC[Si](Cl)(Cl)Cl. The Morgan fingerprint density at radius 3 is 2.48 bits per heavy atom. The number of hydrogen-bond donors (Lipinski definition) is 1. The van der Waals surface area contributed by atoms with E-state index in [0.29, 0.717) is 23.8 Å². The molecule has 1 N–H and O–H groups in total. The first-order valence-electron chi connectivity index (χ1n) is 7.58. The quantitative estimate of drug-likeness (QED) is 0.144. The van der Waals surface area contributed by atoms with Crippen molar-refractivity contribution in [3.63, 3.8) is 0 Å². The molecular weight excluding hydrogens is 407 g/mol. The Kier molecular flexibility index (Phi) is 9.35. The second kappa shape index (κ2) is 10.7. The van der Waals surface area contributed by atoms with Gasteiger partial charge in [-0.25, -0.2) is 4.79 Å². The van der Waals surface area contributed by atoms with Crippen LogP contribution < -0.4 is 9.47 Å². The van der Waals surface area contributed by atoms with E-state index in [0.717, 1.165) is 18.9 Å². The molecule has 1 rings (SSSR count). The van der Waals surface area contributed by atoms with Crippen molar-refractivity contribution in [2.75, 3.05) is 7.11 Å². The topological polar surface area (TPSA) is 72.8 Å². The van der Waals surface area contributed by atoms with Gasteiger partial charge in [0.05, 0.1) is 7.11 Å². The van der Waals surface area contributed by atoms with E-state index >= 15 is 0 Å². The molecule has 0 heterocycles. The fourth-order valence-electron chi connectivity index (χ4n) is 1.98. The number of methoxy groups -OCH3 is 1. The Morgan fingerprint density at radius 1 is 1.16 bits per heavy atom. The molecule has 0 aliphatic heterocycles. The van der Waals surface area contributed by atoms with Crippen LogP contribution in [0.4, 0.5) is 0 Å². The summed E-state index contributed by atoms with van der Waals surface area (Å²) < 4.78 is 10.5. The molecule has 0 unspecified atom stereocenters. The van der Waals surface area contributed by atoms with Crippen LogP contribution >= 0.6 is 33.2 Å². The van der Waals surface area contributed by atoms with Crippen molar-refractivity contribution in [2.24, 2.45) is 0 Å². The third-order valence-corrected chi connectivity index (χ3v) is 5.79. The predicted molar refractivity (Wildman–Crippen MR) is 102 cm³/mol. The van der Waals surface area contributed by atoms with E-state index in [1.54, 1.807) is 18.2 Å². The van der Waals surface area contributed by atoms with Crippen LogP contribution in [0.5, 0.6) is 11.5 Å². The number of carboxylic acids is 1. The monoisotopic (exact) mass is 424 g/mol. The maximum absolute atomic E-state index is 11.9. The Balaban J connectivity index is 2.52. The molecule has 0 saturated heterocycles. The molecule has 25 heavy (non-hydrogen) atoms. The summed E-state index contributed by atoms with van der Waals surface area (Å²) in [5, 5.41) is 8.63. The van der Waals surface area contributed by atoms with E-state index in [4.69, 9.17) is 47.8 Å². The van der Waals surface area contributed by atoms with Crippen molar-refractivity contribution >= 4 is 57.3 Å². The fourth-order valence-corrected chi connectivity index (χ4v) is 3.84. The molecule has 0 saturated carbocycles. The highest BCUT2D eigenvalue weighted by molar-refractivity contribution is 7.64. The van der Waals surface area contributed by atoms with Gasteiger partial charge in [0.2, 0.25) is 0 Å². The minimum atomic E-state index is -2.59. The number of ether oxygens (including phenoxy) is 2. The lowest BCUT2D eigenvalue weighted by atomic mass is 10.2. The summed E-state index contributed by atoms with van der Waals surface area (Å²) in [7, 11) is 1.44. The minimum absolute atomic E-state index is 0.255. The number of aliphatic carboxylic acids is 1. The van der Waals surface area contributed by atoms with Crippen molar-refractivity contribution in [1.82, 2.24) is 0 Å². The lowest BCUT2D eigenvalue weighted by Crippen LogP contribution is -2.10. The molecule has 5 nitrogen and oxygen atoms in total. The summed E-state index contributed by atoms with van der Waals surface area (Å²) in [6.07, 6.45) is 4.89. The molecule has 0 atom stereocenters. The van der Waals surface area contributed by atoms with Crippen molar-refractivity contribution in [1.29, 1.82) is 0 Å². The third kappa shape index (κ3) is 9.74. The van der Waals surface area contributed by atoms with Gasteiger partial charge in [0, 0.05) is 12.5 Å². The Bertz CT molecular complexity index is 629. The Hall–Kier alpha value is -1.21. The van der Waals surface area contributed by atoms with Crippen LogP contribution in [0.25, 0.3) is 6.08 Å². The molecule has 0 bridgehead atoms. The molecule has 0 amide bonds. The van der Waals surface area contributed by atoms with Crippen molar-refractivity contribution < 1.29 is 24.2 Å². The van der Waals surface area contributed by atoms with Gasteiger partial charge >= 0.3 is 17.9 Å². The highest BCUT2D eigenvalue weighted by Gasteiger charge is 2.23. The van der Waals surface area contributed by atoms with E-state index in [2.05, 4.69) is 0 Å². The largest absolute Gasteiger partial charge is 0.493 e. The standard InChI is InChI=1S/C16H19Cl3O5Si/c1-23-14-11-12(7-9-15(20)21)6-8-13(14)24-16(22)5-3-2-4-10-25(17,18)19/h6-9,11H,2-5,10H2,1H3,(H,20,21). The number of rotatable bonds is 10. The number of hydrogen-bond acceptors (Lipinski definition) is 4. The number of esters is 1. The molecule has 0 aliphatic carbocycles. The van der Waals surface area contributed by atoms with Crippen LogP contribution in [0.1, 0.15) is 31.2 Å². The highest BCUT2D eigenvalue weighted by atomic mass is 35.8. The predicted octanol–water partition coefficient (Wildman–Crippen LogP) is 4.91. The Morgan fingerprint density at radius 2 is 1.88 bits per heavy atom. The normalized spacial score (nSPS) is 11.5. The summed E-state index contributed by atoms with van der Waals surface area (Å²) in [6.45, 7) is 0. The molecule has 0 radical (unpaired) electrons. The smallest absolute Gasteiger partial charge is 0.341 e. The van der Waals surface area contributed by atoms with Crippen molar-refractivity contribution in [2.45, 2.75) is 31.7 Å². The molecule has 9 heteroatoms. The number of halogens is 3. The van der Waals surface area contributed by atoms with Crippen LogP contribution in [0, 0.1) is 0 Å². The lowest BCUT2D eigenvalue weighted by Gasteiger charge is -2.10. The maximum atomic E-state index is 11.9. The summed E-state index contributed by atoms with van der Waals surface area (Å²) in [5.41, 5.74) is 0.620. The van der Waals surface area contributed by atoms with Crippen molar-refractivity contribution in [3.05, 3.63) is 29.8 Å². The van der Waals surface area contributed by atoms with Crippen LogP contribution in [0.3, 0.4) is 0 Å². The number of unbranched alkanes of at least 4 members (excludes halogenated alkanes) is 2. The summed E-state index contributed by atoms with van der Waals surface area (Å²) in [5.74, 6) is -0.790. The van der Waals surface area contributed by atoms with Crippen molar-refractivity contribution in [3.8, 4) is 11.5 Å². The fraction of sp³-hybridized carbons (Fsp3) is 0.375. The van der Waals surface area contributed by atoms with Crippen LogP contribution in [0.15, 0.2) is 24.3 Å². The first-order valence-corrected chi connectivity index (χ1v) is 12.8. The molecule has 1 aromatic rings. The van der Waals surface area contributed by atoms with E-state index in [-0.39, 0.29) is 18.1 Å². The van der Waals surface area contributed by atoms with Crippen LogP contribution in [0.2, 0.25) is 6.04 Å². The molecule has 0 spiro atoms.